The van der Waals surface area contributed by atoms with Gasteiger partial charge in [-0.3, -0.25) is 25.0 Å². The molecular formula is C20H20ClN5O4S. The van der Waals surface area contributed by atoms with Gasteiger partial charge in [0.1, 0.15) is 0 Å². The molecule has 2 N–H and O–H groups in total. The summed E-state index contributed by atoms with van der Waals surface area (Å²) in [4.78, 5) is 38.0. The highest BCUT2D eigenvalue weighted by Crippen LogP contribution is 2.29. The average Bonchev–Trinajstić information content (AvgIpc) is 2.74. The number of nitro benzene ring substituents is 1. The van der Waals surface area contributed by atoms with Gasteiger partial charge in [0.2, 0.25) is 5.91 Å². The van der Waals surface area contributed by atoms with Gasteiger partial charge in [-0.1, -0.05) is 17.7 Å². The van der Waals surface area contributed by atoms with E-state index in [1.165, 1.54) is 24.3 Å². The molecule has 0 aliphatic carbocycles. The van der Waals surface area contributed by atoms with E-state index in [0.717, 1.165) is 5.69 Å². The second-order valence-corrected chi connectivity index (χ2v) is 7.69. The molecule has 9 nitrogen and oxygen atoms in total. The van der Waals surface area contributed by atoms with E-state index in [2.05, 4.69) is 15.5 Å². The maximum Gasteiger partial charge on any atom is 0.270 e. The summed E-state index contributed by atoms with van der Waals surface area (Å²) >= 11 is 11.6. The highest BCUT2D eigenvalue weighted by molar-refractivity contribution is 7.80. The molecule has 2 aromatic carbocycles. The lowest BCUT2D eigenvalue weighted by Crippen LogP contribution is -2.48. The van der Waals surface area contributed by atoms with Gasteiger partial charge in [0.05, 0.1) is 15.6 Å². The molecule has 0 radical (unpaired) electrons. The normalized spacial score (nSPS) is 13.5. The van der Waals surface area contributed by atoms with Crippen LogP contribution >= 0.6 is 23.8 Å². The third-order valence-corrected chi connectivity index (χ3v) is 5.32. The lowest BCUT2D eigenvalue weighted by atomic mass is 10.2. The molecule has 1 aliphatic heterocycles. The van der Waals surface area contributed by atoms with Gasteiger partial charge < -0.3 is 15.1 Å². The number of non-ortho nitro benzene ring substituents is 1. The largest absolute Gasteiger partial charge is 0.367 e. The number of amides is 2. The molecule has 0 atom stereocenters. The van der Waals surface area contributed by atoms with Crippen LogP contribution in [0.15, 0.2) is 42.5 Å². The lowest BCUT2D eigenvalue weighted by Gasteiger charge is -2.36. The third kappa shape index (κ3) is 5.68. The minimum atomic E-state index is -0.573. The van der Waals surface area contributed by atoms with Gasteiger partial charge in [-0.25, -0.2) is 0 Å². The molecule has 1 heterocycles. The number of nitro groups is 1. The molecule has 0 saturated carbocycles. The zero-order valence-electron chi connectivity index (χ0n) is 16.6. The fourth-order valence-corrected chi connectivity index (χ4v) is 3.71. The number of piperazine rings is 1. The molecule has 0 bridgehead atoms. The number of rotatable bonds is 4. The van der Waals surface area contributed by atoms with Gasteiger partial charge in [-0.2, -0.15) is 0 Å². The Morgan fingerprint density at radius 1 is 1.13 bits per heavy atom. The highest BCUT2D eigenvalue weighted by atomic mass is 35.5. The topological polar surface area (TPSA) is 108 Å². The Balaban J connectivity index is 1.60. The number of nitrogens with one attached hydrogen (secondary N) is 2. The molecule has 11 heteroatoms. The molecule has 0 aromatic heterocycles. The second kappa shape index (κ2) is 9.71. The first-order chi connectivity index (χ1) is 14.7. The smallest absolute Gasteiger partial charge is 0.270 e. The number of thiocarbonyl (C=S) groups is 1. The fourth-order valence-electron chi connectivity index (χ4n) is 3.20. The zero-order valence-corrected chi connectivity index (χ0v) is 18.2. The van der Waals surface area contributed by atoms with Gasteiger partial charge in [0, 0.05) is 56.5 Å². The van der Waals surface area contributed by atoms with Crippen molar-refractivity contribution in [1.82, 2.24) is 10.2 Å². The fraction of sp³-hybridized carbons (Fsp3) is 0.250. The summed E-state index contributed by atoms with van der Waals surface area (Å²) in [6.07, 6.45) is 0. The van der Waals surface area contributed by atoms with Crippen LogP contribution in [0.1, 0.15) is 17.3 Å². The molecule has 162 valence electrons. The van der Waals surface area contributed by atoms with Gasteiger partial charge in [-0.05, 0) is 36.5 Å². The van der Waals surface area contributed by atoms with Crippen molar-refractivity contribution >= 4 is 57.8 Å². The Bertz CT molecular complexity index is 1040. The summed E-state index contributed by atoms with van der Waals surface area (Å²) in [7, 11) is 0. The Morgan fingerprint density at radius 2 is 1.84 bits per heavy atom. The van der Waals surface area contributed by atoms with Crippen LogP contribution in [0.25, 0.3) is 0 Å². The average molecular weight is 462 g/mol. The maximum absolute atomic E-state index is 12.3. The summed E-state index contributed by atoms with van der Waals surface area (Å²) in [5.41, 5.74) is 1.37. The van der Waals surface area contributed by atoms with E-state index >= 15 is 0 Å². The monoisotopic (exact) mass is 461 g/mol. The molecule has 1 saturated heterocycles. The number of hydrogen-bond acceptors (Lipinski definition) is 6. The molecule has 31 heavy (non-hydrogen) atoms. The van der Waals surface area contributed by atoms with Crippen LogP contribution < -0.4 is 15.5 Å². The Kier molecular flexibility index (Phi) is 7.03. The summed E-state index contributed by atoms with van der Waals surface area (Å²) in [6.45, 7) is 4.20. The third-order valence-electron chi connectivity index (χ3n) is 4.82. The summed E-state index contributed by atoms with van der Waals surface area (Å²) in [5.74, 6) is -0.502. The van der Waals surface area contributed by atoms with Crippen LogP contribution in [-0.2, 0) is 4.79 Å². The number of anilines is 2. The van der Waals surface area contributed by atoms with E-state index < -0.39 is 10.8 Å². The summed E-state index contributed by atoms with van der Waals surface area (Å²) in [5, 5.41) is 16.8. The van der Waals surface area contributed by atoms with Gasteiger partial charge in [-0.15, -0.1) is 0 Å². The first-order valence-electron chi connectivity index (χ1n) is 9.41. The molecule has 0 spiro atoms. The molecule has 1 fully saturated rings. The summed E-state index contributed by atoms with van der Waals surface area (Å²) < 4.78 is 0. The first-order valence-corrected chi connectivity index (χ1v) is 10.2. The number of carbonyl (C=O) groups is 2. The van der Waals surface area contributed by atoms with Crippen molar-refractivity contribution in [3.05, 3.63) is 63.2 Å². The SMILES string of the molecule is CC(=O)N1CCN(c2ccc(NC(=S)NC(=O)c3cccc([N+](=O)[O-])c3)cc2Cl)CC1. The lowest BCUT2D eigenvalue weighted by molar-refractivity contribution is -0.384. The molecule has 0 unspecified atom stereocenters. The van der Waals surface area contributed by atoms with Gasteiger partial charge >= 0.3 is 0 Å². The molecule has 2 aromatic rings. The van der Waals surface area contributed by atoms with Gasteiger partial charge in [0.15, 0.2) is 5.11 Å². The zero-order chi connectivity index (χ0) is 22.5. The van der Waals surface area contributed by atoms with Crippen molar-refractivity contribution in [3.63, 3.8) is 0 Å². The van der Waals surface area contributed by atoms with Crippen molar-refractivity contribution in [1.29, 1.82) is 0 Å². The van der Waals surface area contributed by atoms with Crippen LogP contribution in [0.4, 0.5) is 17.1 Å². The Morgan fingerprint density at radius 3 is 2.45 bits per heavy atom. The van der Waals surface area contributed by atoms with E-state index in [4.69, 9.17) is 23.8 Å². The number of benzene rings is 2. The quantitative estimate of drug-likeness (QED) is 0.409. The van der Waals surface area contributed by atoms with E-state index in [-0.39, 0.29) is 22.3 Å². The van der Waals surface area contributed by atoms with E-state index in [0.29, 0.717) is 36.9 Å². The number of halogens is 1. The minimum Gasteiger partial charge on any atom is -0.367 e. The number of hydrogen-bond donors (Lipinski definition) is 2. The number of carbonyl (C=O) groups excluding carboxylic acids is 2. The second-order valence-electron chi connectivity index (χ2n) is 6.87. The Hall–Kier alpha value is -3.24. The first kappa shape index (κ1) is 22.4. The van der Waals surface area contributed by atoms with Crippen LogP contribution in [0.2, 0.25) is 5.02 Å². The minimum absolute atomic E-state index is 0.0374. The number of nitrogens with zero attached hydrogens (tertiary/aromatic N) is 3. The molecule has 2 amide bonds. The summed E-state index contributed by atoms with van der Waals surface area (Å²) in [6, 6.07) is 10.7. The van der Waals surface area contributed by atoms with Gasteiger partial charge in [0.25, 0.3) is 11.6 Å². The predicted octanol–water partition coefficient (Wildman–Crippen LogP) is 3.04. The van der Waals surface area contributed by atoms with Crippen LogP contribution in [0, 0.1) is 10.1 Å². The van der Waals surface area contributed by atoms with E-state index in [1.807, 2.05) is 6.07 Å². The molecular weight excluding hydrogens is 442 g/mol. The van der Waals surface area contributed by atoms with Crippen molar-refractivity contribution in [3.8, 4) is 0 Å². The van der Waals surface area contributed by atoms with Crippen LogP contribution in [-0.4, -0.2) is 52.9 Å². The van der Waals surface area contributed by atoms with Crippen molar-refractivity contribution < 1.29 is 14.5 Å². The van der Waals surface area contributed by atoms with Crippen molar-refractivity contribution in [2.75, 3.05) is 36.4 Å². The van der Waals surface area contributed by atoms with Crippen LogP contribution in [0.5, 0.6) is 0 Å². The highest BCUT2D eigenvalue weighted by Gasteiger charge is 2.20. The van der Waals surface area contributed by atoms with Crippen LogP contribution in [0.3, 0.4) is 0 Å². The molecule has 3 rings (SSSR count). The van der Waals surface area contributed by atoms with Crippen molar-refractivity contribution in [2.45, 2.75) is 6.92 Å². The van der Waals surface area contributed by atoms with Crippen molar-refractivity contribution in [2.24, 2.45) is 0 Å². The standard InChI is InChI=1S/C20H20ClN5O4S/c1-13(27)24-7-9-25(10-8-24)18-6-5-15(12-17(18)21)22-20(31)23-19(28)14-3-2-4-16(11-14)26(29)30/h2-6,11-12H,7-10H2,1H3,(H2,22,23,28,31). The van der Waals surface area contributed by atoms with E-state index in [9.17, 15) is 19.7 Å². The Labute approximate surface area is 189 Å². The molecule has 1 aliphatic rings. The van der Waals surface area contributed by atoms with E-state index in [1.54, 1.807) is 24.0 Å². The maximum atomic E-state index is 12.3. The predicted molar refractivity (Wildman–Crippen MR) is 123 cm³/mol.